The summed E-state index contributed by atoms with van der Waals surface area (Å²) in [6.07, 6.45) is 3.35. The number of carbonyl (C=O) groups is 1. The Kier molecular flexibility index (Phi) is 4.85. The molecule has 0 spiro atoms. The van der Waals surface area contributed by atoms with E-state index in [0.717, 1.165) is 19.4 Å². The molecule has 1 saturated carbocycles. The molecule has 158 valence electrons. The van der Waals surface area contributed by atoms with Gasteiger partial charge in [-0.15, -0.1) is 15.3 Å². The molecule has 2 atom stereocenters. The number of nitrogens with zero attached hydrogens (tertiary/aromatic N) is 5. The van der Waals surface area contributed by atoms with Crippen LogP contribution in [0.4, 0.5) is 0 Å². The van der Waals surface area contributed by atoms with E-state index in [9.17, 15) is 9.59 Å². The lowest BCUT2D eigenvalue weighted by atomic mass is 9.65. The molecule has 1 aliphatic carbocycles. The highest BCUT2D eigenvalue weighted by Crippen LogP contribution is 2.52. The van der Waals surface area contributed by atoms with E-state index in [-0.39, 0.29) is 22.3 Å². The van der Waals surface area contributed by atoms with Crippen molar-refractivity contribution < 1.29 is 4.79 Å². The molecule has 3 heterocycles. The highest BCUT2D eigenvalue weighted by Gasteiger charge is 2.50. The van der Waals surface area contributed by atoms with Crippen LogP contribution in [0.25, 0.3) is 4.96 Å². The molecule has 0 N–H and O–H groups in total. The lowest BCUT2D eigenvalue weighted by molar-refractivity contribution is -0.129. The van der Waals surface area contributed by atoms with Crippen LogP contribution in [0.1, 0.15) is 66.5 Å². The van der Waals surface area contributed by atoms with Crippen LogP contribution in [0, 0.1) is 10.8 Å². The summed E-state index contributed by atoms with van der Waals surface area (Å²) in [6.45, 7) is 13.6. The number of rotatable bonds is 3. The molecule has 2 unspecified atom stereocenters. The first-order chi connectivity index (χ1) is 13.4. The zero-order valence-corrected chi connectivity index (χ0v) is 19.6. The number of aromatic nitrogens is 4. The Balaban J connectivity index is 1.48. The smallest absolute Gasteiger partial charge is 0.297 e. The van der Waals surface area contributed by atoms with Crippen molar-refractivity contribution in [2.75, 3.05) is 12.3 Å². The minimum Gasteiger partial charge on any atom is -0.338 e. The Hall–Kier alpha value is -1.48. The van der Waals surface area contributed by atoms with E-state index >= 15 is 0 Å². The van der Waals surface area contributed by atoms with Crippen LogP contribution < -0.4 is 5.56 Å². The largest absolute Gasteiger partial charge is 0.338 e. The van der Waals surface area contributed by atoms with Crippen molar-refractivity contribution in [2.24, 2.45) is 10.8 Å². The standard InChI is InChI=1S/C20H29N5O2S2/c1-18(2,3)14-15(27)25-16(22-21-14)29-17(23-25)28-9-13(26)24-11-20(6)8-12(24)7-19(4,5)10-20/h12H,7-11H2,1-6H3. The van der Waals surface area contributed by atoms with Crippen LogP contribution in [0.5, 0.6) is 0 Å². The maximum Gasteiger partial charge on any atom is 0.297 e. The van der Waals surface area contributed by atoms with Gasteiger partial charge in [0.15, 0.2) is 4.34 Å². The molecular weight excluding hydrogens is 406 g/mol. The van der Waals surface area contributed by atoms with E-state index in [4.69, 9.17) is 0 Å². The van der Waals surface area contributed by atoms with Crippen LogP contribution in [0.15, 0.2) is 9.13 Å². The van der Waals surface area contributed by atoms with Gasteiger partial charge in [-0.3, -0.25) is 9.59 Å². The van der Waals surface area contributed by atoms with Gasteiger partial charge in [-0.05, 0) is 30.1 Å². The Morgan fingerprint density at radius 3 is 2.66 bits per heavy atom. The number of carbonyl (C=O) groups excluding carboxylic acids is 1. The van der Waals surface area contributed by atoms with E-state index in [1.54, 1.807) is 0 Å². The van der Waals surface area contributed by atoms with Crippen LogP contribution in [0.3, 0.4) is 0 Å². The van der Waals surface area contributed by atoms with Gasteiger partial charge in [0.1, 0.15) is 5.69 Å². The summed E-state index contributed by atoms with van der Waals surface area (Å²) in [7, 11) is 0. The topological polar surface area (TPSA) is 80.5 Å². The Morgan fingerprint density at radius 1 is 1.24 bits per heavy atom. The SMILES string of the molecule is CC1(C)CC2CC(C)(CN2C(=O)CSc2nn3c(=O)c(C(C)(C)C)nnc3s2)C1. The second kappa shape index (κ2) is 6.77. The van der Waals surface area contributed by atoms with Crippen molar-refractivity contribution in [1.29, 1.82) is 0 Å². The van der Waals surface area contributed by atoms with Crippen LogP contribution >= 0.6 is 23.1 Å². The molecule has 7 nitrogen and oxygen atoms in total. The summed E-state index contributed by atoms with van der Waals surface area (Å²) in [5, 5.41) is 12.7. The summed E-state index contributed by atoms with van der Waals surface area (Å²) in [5.41, 5.74) is 0.288. The maximum atomic E-state index is 13.0. The molecule has 1 amide bonds. The molecule has 9 heteroatoms. The first-order valence-corrected chi connectivity index (χ1v) is 11.9. The molecule has 0 radical (unpaired) electrons. The fraction of sp³-hybridized carbons (Fsp3) is 0.750. The van der Waals surface area contributed by atoms with Crippen molar-refractivity contribution in [2.45, 2.75) is 76.6 Å². The summed E-state index contributed by atoms with van der Waals surface area (Å²) in [4.78, 5) is 28.2. The van der Waals surface area contributed by atoms with Crippen LogP contribution in [-0.2, 0) is 10.2 Å². The monoisotopic (exact) mass is 435 g/mol. The summed E-state index contributed by atoms with van der Waals surface area (Å²) in [5.74, 6) is 0.496. The third-order valence-electron chi connectivity index (χ3n) is 5.94. The average molecular weight is 436 g/mol. The second-order valence-corrected chi connectivity index (χ2v) is 12.9. The molecule has 2 aromatic heterocycles. The number of likely N-dealkylation sites (tertiary alicyclic amines) is 1. The molecule has 4 rings (SSSR count). The van der Waals surface area contributed by atoms with Gasteiger partial charge in [-0.2, -0.15) is 4.52 Å². The lowest BCUT2D eigenvalue weighted by Crippen LogP contribution is -2.38. The molecule has 1 aliphatic heterocycles. The van der Waals surface area contributed by atoms with Crippen molar-refractivity contribution in [1.82, 2.24) is 24.7 Å². The third kappa shape index (κ3) is 3.95. The van der Waals surface area contributed by atoms with Crippen molar-refractivity contribution >= 4 is 34.0 Å². The van der Waals surface area contributed by atoms with E-state index in [2.05, 4.69) is 41.0 Å². The van der Waals surface area contributed by atoms with Gasteiger partial charge in [0.2, 0.25) is 10.9 Å². The molecule has 1 saturated heterocycles. The number of amides is 1. The average Bonchev–Trinajstić information content (AvgIpc) is 3.09. The summed E-state index contributed by atoms with van der Waals surface area (Å²) >= 11 is 2.69. The van der Waals surface area contributed by atoms with Crippen molar-refractivity contribution in [3.8, 4) is 0 Å². The molecule has 29 heavy (non-hydrogen) atoms. The van der Waals surface area contributed by atoms with Gasteiger partial charge in [0.25, 0.3) is 5.56 Å². The van der Waals surface area contributed by atoms with Crippen LogP contribution in [-0.4, -0.2) is 49.0 Å². The molecule has 2 aliphatic rings. The number of thioether (sulfide) groups is 1. The first-order valence-electron chi connectivity index (χ1n) is 10.1. The Bertz CT molecular complexity index is 1020. The molecule has 2 bridgehead atoms. The van der Waals surface area contributed by atoms with Crippen molar-refractivity contribution in [3.63, 3.8) is 0 Å². The first kappa shape index (κ1) is 20.8. The third-order valence-corrected chi connectivity index (χ3v) is 7.95. The molecule has 2 fully saturated rings. The lowest BCUT2D eigenvalue weighted by Gasteiger charge is -2.39. The van der Waals surface area contributed by atoms with E-state index in [0.29, 0.717) is 26.8 Å². The predicted octanol–water partition coefficient (Wildman–Crippen LogP) is 3.36. The minimum absolute atomic E-state index is 0.162. The second-order valence-electron chi connectivity index (χ2n) is 10.7. The Morgan fingerprint density at radius 2 is 1.97 bits per heavy atom. The summed E-state index contributed by atoms with van der Waals surface area (Å²) in [6, 6.07) is 0.343. The van der Waals surface area contributed by atoms with Gasteiger partial charge >= 0.3 is 0 Å². The number of hydrogen-bond acceptors (Lipinski definition) is 7. The van der Waals surface area contributed by atoms with Gasteiger partial charge < -0.3 is 4.90 Å². The Labute approximate surface area is 179 Å². The van der Waals surface area contributed by atoms with Crippen LogP contribution in [0.2, 0.25) is 0 Å². The van der Waals surface area contributed by atoms with Gasteiger partial charge in [0, 0.05) is 18.0 Å². The summed E-state index contributed by atoms with van der Waals surface area (Å²) < 4.78 is 1.99. The van der Waals surface area contributed by atoms with E-state index in [1.807, 2.05) is 20.8 Å². The normalized spacial score (nSPS) is 26.3. The van der Waals surface area contributed by atoms with Crippen molar-refractivity contribution in [3.05, 3.63) is 16.0 Å². The van der Waals surface area contributed by atoms with Gasteiger partial charge in [0.05, 0.1) is 5.75 Å². The fourth-order valence-corrected chi connectivity index (χ4v) is 6.94. The van der Waals surface area contributed by atoms with E-state index in [1.165, 1.54) is 34.0 Å². The minimum atomic E-state index is -0.393. The number of fused-ring (bicyclic) bond motifs is 3. The zero-order valence-electron chi connectivity index (χ0n) is 18.0. The maximum absolute atomic E-state index is 13.0. The fourth-order valence-electron chi connectivity index (χ4n) is 5.18. The molecule has 2 aromatic rings. The highest BCUT2D eigenvalue weighted by atomic mass is 32.2. The number of hydrogen-bond donors (Lipinski definition) is 0. The quantitative estimate of drug-likeness (QED) is 0.688. The van der Waals surface area contributed by atoms with Gasteiger partial charge in [-0.25, -0.2) is 0 Å². The van der Waals surface area contributed by atoms with E-state index < -0.39 is 5.41 Å². The predicted molar refractivity (Wildman–Crippen MR) is 116 cm³/mol. The molecule has 0 aromatic carbocycles. The zero-order chi connectivity index (χ0) is 21.2. The van der Waals surface area contributed by atoms with Gasteiger partial charge in [-0.1, -0.05) is 64.6 Å². The highest BCUT2D eigenvalue weighted by molar-refractivity contribution is 8.01. The molecular formula is C20H29N5O2S2.